The van der Waals surface area contributed by atoms with E-state index in [0.29, 0.717) is 5.92 Å². The topological polar surface area (TPSA) is 43.6 Å². The number of hydrogen-bond acceptors (Lipinski definition) is 3. The fourth-order valence-corrected chi connectivity index (χ4v) is 5.37. The van der Waals surface area contributed by atoms with Gasteiger partial charge in [0, 0.05) is 30.7 Å². The molecule has 0 aliphatic carbocycles. The quantitative estimate of drug-likeness (QED) is 0.163. The average Bonchev–Trinajstić information content (AvgIpc) is 3.46. The minimum Gasteiger partial charge on any atom is -0.358 e. The summed E-state index contributed by atoms with van der Waals surface area (Å²) in [6.45, 7) is 5.53. The van der Waals surface area contributed by atoms with Crippen LogP contribution in [0.4, 0.5) is 0 Å². The summed E-state index contributed by atoms with van der Waals surface area (Å²) in [7, 11) is 0. The summed E-state index contributed by atoms with van der Waals surface area (Å²) in [5, 5.41) is 2.56. The Hall–Kier alpha value is -5.22. The van der Waals surface area contributed by atoms with E-state index in [-0.39, 0.29) is 20.1 Å². The van der Waals surface area contributed by atoms with Gasteiger partial charge in [-0.05, 0) is 58.2 Å². The van der Waals surface area contributed by atoms with Crippen molar-refractivity contribution >= 4 is 21.8 Å². The smallest absolute Gasteiger partial charge is 0.358 e. The van der Waals surface area contributed by atoms with Crippen molar-refractivity contribution in [2.75, 3.05) is 0 Å². The number of pyridine rings is 3. The van der Waals surface area contributed by atoms with Crippen molar-refractivity contribution in [2.24, 2.45) is 5.92 Å². The number of para-hydroxylation sites is 1. The molecule has 0 saturated heterocycles. The minimum atomic E-state index is 0. The fourth-order valence-electron chi connectivity index (χ4n) is 5.37. The Kier molecular flexibility index (Phi) is 12.1. The van der Waals surface area contributed by atoms with Crippen molar-refractivity contribution in [1.82, 2.24) is 19.5 Å². The molecule has 0 N–H and O–H groups in total. The van der Waals surface area contributed by atoms with Crippen LogP contribution in [-0.4, -0.2) is 19.5 Å². The van der Waals surface area contributed by atoms with Gasteiger partial charge in [-0.25, -0.2) is 0 Å². The monoisotopic (exact) mass is 800 g/mol. The van der Waals surface area contributed by atoms with Gasteiger partial charge in [0.05, 0.1) is 0 Å². The van der Waals surface area contributed by atoms with Crippen LogP contribution in [0, 0.1) is 24.1 Å². The molecule has 4 aromatic carbocycles. The van der Waals surface area contributed by atoms with E-state index in [1.54, 1.807) is 12.4 Å². The van der Waals surface area contributed by atoms with E-state index in [9.17, 15) is 0 Å². The van der Waals surface area contributed by atoms with Gasteiger partial charge in [-0.15, -0.1) is 95.6 Å². The maximum atomic E-state index is 4.46. The zero-order chi connectivity index (χ0) is 32.3. The van der Waals surface area contributed by atoms with Crippen LogP contribution in [0.15, 0.2) is 158 Å². The molecule has 0 fully saturated rings. The van der Waals surface area contributed by atoms with Gasteiger partial charge in [0.25, 0.3) is 0 Å². The zero-order valence-electron chi connectivity index (χ0n) is 26.9. The fraction of sp³-hybridized carbons (Fsp3) is 0.0930. The average molecular weight is 800 g/mol. The normalized spacial score (nSPS) is 10.4. The molecule has 4 heterocycles. The largest absolute Gasteiger partial charge is 3.00 e. The number of aromatic nitrogens is 4. The molecule has 8 aromatic rings. The first kappa shape index (κ1) is 34.1. The van der Waals surface area contributed by atoms with Crippen molar-refractivity contribution in [3.05, 3.63) is 176 Å². The molecule has 0 saturated carbocycles. The van der Waals surface area contributed by atoms with Crippen LogP contribution in [0.2, 0.25) is 0 Å². The van der Waals surface area contributed by atoms with Gasteiger partial charge in [-0.1, -0.05) is 73.8 Å². The molecule has 8 rings (SSSR count). The molecular formula is C43H35IrN4. The Morgan fingerprint density at radius 2 is 1.02 bits per heavy atom. The van der Waals surface area contributed by atoms with Crippen LogP contribution in [0.3, 0.4) is 0 Å². The third-order valence-corrected chi connectivity index (χ3v) is 7.49. The molecule has 0 bridgehead atoms. The van der Waals surface area contributed by atoms with Crippen LogP contribution in [0.25, 0.3) is 55.6 Å². The van der Waals surface area contributed by atoms with Gasteiger partial charge < -0.3 is 19.5 Å². The van der Waals surface area contributed by atoms with E-state index < -0.39 is 0 Å². The summed E-state index contributed by atoms with van der Waals surface area (Å²) in [5.74, 6) is 0.594. The number of hydrogen-bond donors (Lipinski definition) is 0. The second-order valence-electron chi connectivity index (χ2n) is 11.4. The first-order chi connectivity index (χ1) is 23.2. The maximum absolute atomic E-state index is 4.46. The second kappa shape index (κ2) is 17.1. The Morgan fingerprint density at radius 3 is 1.50 bits per heavy atom. The van der Waals surface area contributed by atoms with E-state index in [4.69, 9.17) is 0 Å². The van der Waals surface area contributed by atoms with E-state index in [0.717, 1.165) is 40.3 Å². The molecule has 0 radical (unpaired) electrons. The van der Waals surface area contributed by atoms with Crippen LogP contribution < -0.4 is 0 Å². The molecule has 0 aliphatic rings. The molecule has 0 unspecified atom stereocenters. The molecule has 0 amide bonds. The first-order valence-corrected chi connectivity index (χ1v) is 15.8. The maximum Gasteiger partial charge on any atom is 3.00 e. The Labute approximate surface area is 296 Å². The predicted molar refractivity (Wildman–Crippen MR) is 193 cm³/mol. The summed E-state index contributed by atoms with van der Waals surface area (Å²) >= 11 is 0. The number of rotatable bonds is 5. The van der Waals surface area contributed by atoms with Crippen molar-refractivity contribution in [2.45, 2.75) is 20.4 Å². The Bertz CT molecular complexity index is 1960. The van der Waals surface area contributed by atoms with Gasteiger partial charge in [-0.2, -0.15) is 0 Å². The van der Waals surface area contributed by atoms with Gasteiger partial charge >= 0.3 is 20.1 Å². The first-order valence-electron chi connectivity index (χ1n) is 15.8. The molecule has 48 heavy (non-hydrogen) atoms. The molecule has 5 heteroatoms. The molecule has 0 spiro atoms. The predicted octanol–water partition coefficient (Wildman–Crippen LogP) is 10.4. The van der Waals surface area contributed by atoms with E-state index in [2.05, 4.69) is 88.0 Å². The number of nitrogens with zero attached hydrogens (tertiary/aromatic N) is 4. The van der Waals surface area contributed by atoms with Gasteiger partial charge in [-0.3, -0.25) is 0 Å². The number of benzene rings is 4. The van der Waals surface area contributed by atoms with E-state index in [1.165, 1.54) is 21.8 Å². The van der Waals surface area contributed by atoms with Crippen molar-refractivity contribution in [3.8, 4) is 33.8 Å². The van der Waals surface area contributed by atoms with Crippen LogP contribution in [0.5, 0.6) is 0 Å². The Balaban J connectivity index is 0.000000153. The third kappa shape index (κ3) is 8.57. The summed E-state index contributed by atoms with van der Waals surface area (Å²) in [6, 6.07) is 56.0. The Morgan fingerprint density at radius 1 is 0.521 bits per heavy atom. The van der Waals surface area contributed by atoms with Crippen molar-refractivity contribution in [3.63, 3.8) is 0 Å². The molecule has 0 aliphatic heterocycles. The van der Waals surface area contributed by atoms with Gasteiger partial charge in [0.2, 0.25) is 0 Å². The standard InChI is InChI=1S/C21H19N2.2C11H8N.Ir/c1-15(2)14-23-20-9-4-3-7-17(20)18-11-10-16(13-21(18)23)19-8-5-6-12-22-19;2*1-2-6-10(7-3-1)11-8-4-5-9-12-11;/h3-9,11-13,15H,14H2,1-2H3;2*1-6,8-9H;/q3*-1;+3. The molecule has 4 nitrogen and oxygen atoms in total. The minimum absolute atomic E-state index is 0. The SMILES string of the molecule is CC(C)Cn1c2ccccc2c2c[c-]c(-c3ccccn3)cc21.[Ir+3].[c-]1ccccc1-c1ccccn1.[c-]1ccccc1-c1ccccn1. The van der Waals surface area contributed by atoms with Crippen LogP contribution in [0.1, 0.15) is 13.8 Å². The van der Waals surface area contributed by atoms with Crippen molar-refractivity contribution in [1.29, 1.82) is 0 Å². The van der Waals surface area contributed by atoms with Crippen molar-refractivity contribution < 1.29 is 20.1 Å². The summed E-state index contributed by atoms with van der Waals surface area (Å²) in [5.41, 5.74) is 8.59. The van der Waals surface area contributed by atoms with Crippen LogP contribution >= 0.6 is 0 Å². The van der Waals surface area contributed by atoms with E-state index in [1.807, 2.05) is 109 Å². The third-order valence-electron chi connectivity index (χ3n) is 7.49. The van der Waals surface area contributed by atoms with Gasteiger partial charge in [0.15, 0.2) is 0 Å². The van der Waals surface area contributed by atoms with Crippen LogP contribution in [-0.2, 0) is 26.7 Å². The number of fused-ring (bicyclic) bond motifs is 3. The van der Waals surface area contributed by atoms with Gasteiger partial charge in [0.1, 0.15) is 0 Å². The summed E-state index contributed by atoms with van der Waals surface area (Å²) < 4.78 is 2.43. The second-order valence-corrected chi connectivity index (χ2v) is 11.4. The molecule has 0 atom stereocenters. The van der Waals surface area contributed by atoms with E-state index >= 15 is 0 Å². The summed E-state index contributed by atoms with van der Waals surface area (Å²) in [4.78, 5) is 12.9. The molecule has 236 valence electrons. The summed E-state index contributed by atoms with van der Waals surface area (Å²) in [6.07, 6.45) is 5.41. The molecular weight excluding hydrogens is 765 g/mol. The molecule has 4 aromatic heterocycles. The zero-order valence-corrected chi connectivity index (χ0v) is 29.3.